The minimum absolute atomic E-state index is 0.0334. The Balaban J connectivity index is 2.88. The molecule has 0 fully saturated rings. The van der Waals surface area contributed by atoms with E-state index in [2.05, 4.69) is 0 Å². The molecule has 0 aliphatic rings. The third-order valence-electron chi connectivity index (χ3n) is 2.52. The average Bonchev–Trinajstić information content (AvgIpc) is 2.38. The van der Waals surface area contributed by atoms with Gasteiger partial charge in [-0.2, -0.15) is 0 Å². The first-order chi connectivity index (χ1) is 9.08. The molecule has 104 valence electrons. The predicted octanol–water partition coefficient (Wildman–Crippen LogP) is 2.94. The summed E-state index contributed by atoms with van der Waals surface area (Å²) in [5.41, 5.74) is 0.691. The Morgan fingerprint density at radius 1 is 1.11 bits per heavy atom. The summed E-state index contributed by atoms with van der Waals surface area (Å²) in [6.45, 7) is 4.00. The van der Waals surface area contributed by atoms with E-state index in [4.69, 9.17) is 21.1 Å². The molecule has 0 aromatic heterocycles. The lowest BCUT2D eigenvalue weighted by Gasteiger charge is -2.15. The van der Waals surface area contributed by atoms with Gasteiger partial charge < -0.3 is 9.47 Å². The molecular formula is C14H17ClO4. The number of carbonyl (C=O) groups is 2. The molecule has 1 rings (SSSR count). The molecule has 0 saturated heterocycles. The summed E-state index contributed by atoms with van der Waals surface area (Å²) in [6, 6.07) is 6.77. The van der Waals surface area contributed by atoms with Gasteiger partial charge in [0, 0.05) is 5.02 Å². The Bertz CT molecular complexity index is 428. The van der Waals surface area contributed by atoms with E-state index in [1.54, 1.807) is 38.1 Å². The van der Waals surface area contributed by atoms with E-state index in [-0.39, 0.29) is 19.6 Å². The molecule has 0 saturated carbocycles. The SMILES string of the molecule is CCOC(=O)C[C@H](C(=O)OCC)c1ccc(Cl)cc1. The number of halogens is 1. The van der Waals surface area contributed by atoms with E-state index in [9.17, 15) is 9.59 Å². The van der Waals surface area contributed by atoms with Crippen LogP contribution in [0.4, 0.5) is 0 Å². The molecule has 1 atom stereocenters. The molecule has 4 nitrogen and oxygen atoms in total. The molecule has 1 aromatic rings. The van der Waals surface area contributed by atoms with Crippen molar-refractivity contribution in [2.75, 3.05) is 13.2 Å². The van der Waals surface area contributed by atoms with Gasteiger partial charge in [-0.15, -0.1) is 0 Å². The van der Waals surface area contributed by atoms with Crippen LogP contribution < -0.4 is 0 Å². The summed E-state index contributed by atoms with van der Waals surface area (Å²) >= 11 is 5.80. The van der Waals surface area contributed by atoms with Crippen LogP contribution in [0.25, 0.3) is 0 Å². The van der Waals surface area contributed by atoms with Crippen molar-refractivity contribution in [3.63, 3.8) is 0 Å². The van der Waals surface area contributed by atoms with E-state index in [1.165, 1.54) is 0 Å². The molecule has 0 aliphatic heterocycles. The predicted molar refractivity (Wildman–Crippen MR) is 72.1 cm³/mol. The first kappa shape index (κ1) is 15.5. The smallest absolute Gasteiger partial charge is 0.313 e. The number of hydrogen-bond donors (Lipinski definition) is 0. The topological polar surface area (TPSA) is 52.6 Å². The van der Waals surface area contributed by atoms with Crippen LogP contribution in [0.1, 0.15) is 31.7 Å². The van der Waals surface area contributed by atoms with E-state index >= 15 is 0 Å². The second-order valence-electron chi connectivity index (χ2n) is 3.87. The number of benzene rings is 1. The average molecular weight is 285 g/mol. The molecule has 19 heavy (non-hydrogen) atoms. The fraction of sp³-hybridized carbons (Fsp3) is 0.429. The monoisotopic (exact) mass is 284 g/mol. The molecule has 0 N–H and O–H groups in total. The van der Waals surface area contributed by atoms with Crippen LogP contribution in [-0.4, -0.2) is 25.2 Å². The molecular weight excluding hydrogens is 268 g/mol. The third kappa shape index (κ3) is 4.91. The maximum atomic E-state index is 11.9. The van der Waals surface area contributed by atoms with Crippen LogP contribution in [0.5, 0.6) is 0 Å². The van der Waals surface area contributed by atoms with Gasteiger partial charge in [0.05, 0.1) is 25.6 Å². The summed E-state index contributed by atoms with van der Waals surface area (Å²) in [6.07, 6.45) is -0.0334. The number of hydrogen-bond acceptors (Lipinski definition) is 4. The minimum Gasteiger partial charge on any atom is -0.466 e. The van der Waals surface area contributed by atoms with Crippen LogP contribution in [0, 0.1) is 0 Å². The van der Waals surface area contributed by atoms with Crippen molar-refractivity contribution >= 4 is 23.5 Å². The molecule has 0 heterocycles. The second-order valence-corrected chi connectivity index (χ2v) is 4.30. The summed E-state index contributed by atoms with van der Waals surface area (Å²) in [7, 11) is 0. The quantitative estimate of drug-likeness (QED) is 0.754. The molecule has 0 unspecified atom stereocenters. The lowest BCUT2D eigenvalue weighted by Crippen LogP contribution is -2.20. The number of ether oxygens (including phenoxy) is 2. The molecule has 0 bridgehead atoms. The van der Waals surface area contributed by atoms with E-state index in [0.717, 1.165) is 0 Å². The van der Waals surface area contributed by atoms with Gasteiger partial charge in [-0.05, 0) is 31.5 Å². The zero-order valence-corrected chi connectivity index (χ0v) is 11.8. The largest absolute Gasteiger partial charge is 0.466 e. The van der Waals surface area contributed by atoms with Crippen molar-refractivity contribution in [3.8, 4) is 0 Å². The van der Waals surface area contributed by atoms with E-state index in [0.29, 0.717) is 10.6 Å². The zero-order chi connectivity index (χ0) is 14.3. The van der Waals surface area contributed by atoms with Gasteiger partial charge in [-0.3, -0.25) is 9.59 Å². The van der Waals surface area contributed by atoms with Crippen LogP contribution in [0.2, 0.25) is 5.02 Å². The maximum absolute atomic E-state index is 11.9. The van der Waals surface area contributed by atoms with Crippen molar-refractivity contribution in [2.24, 2.45) is 0 Å². The summed E-state index contributed by atoms with van der Waals surface area (Å²) in [4.78, 5) is 23.5. The van der Waals surface area contributed by atoms with Crippen molar-refractivity contribution in [1.29, 1.82) is 0 Å². The van der Waals surface area contributed by atoms with Gasteiger partial charge in [0.2, 0.25) is 0 Å². The highest BCUT2D eigenvalue weighted by atomic mass is 35.5. The Kier molecular flexibility index (Phi) is 6.36. The number of esters is 2. The highest BCUT2D eigenvalue weighted by Crippen LogP contribution is 2.23. The molecule has 0 spiro atoms. The fourth-order valence-corrected chi connectivity index (χ4v) is 1.79. The van der Waals surface area contributed by atoms with Crippen LogP contribution >= 0.6 is 11.6 Å². The second kappa shape index (κ2) is 7.79. The van der Waals surface area contributed by atoms with Gasteiger partial charge in [0.25, 0.3) is 0 Å². The Morgan fingerprint density at radius 3 is 2.21 bits per heavy atom. The number of rotatable bonds is 6. The summed E-state index contributed by atoms with van der Waals surface area (Å²) < 4.78 is 9.86. The highest BCUT2D eigenvalue weighted by Gasteiger charge is 2.25. The molecule has 0 amide bonds. The molecule has 5 heteroatoms. The molecule has 0 radical (unpaired) electrons. The van der Waals surface area contributed by atoms with Crippen LogP contribution in [-0.2, 0) is 19.1 Å². The van der Waals surface area contributed by atoms with Crippen molar-refractivity contribution in [3.05, 3.63) is 34.9 Å². The Hall–Kier alpha value is -1.55. The van der Waals surface area contributed by atoms with E-state index in [1.807, 2.05) is 0 Å². The Labute approximate surface area is 117 Å². The van der Waals surface area contributed by atoms with E-state index < -0.39 is 17.9 Å². The third-order valence-corrected chi connectivity index (χ3v) is 2.77. The highest BCUT2D eigenvalue weighted by molar-refractivity contribution is 6.30. The van der Waals surface area contributed by atoms with Crippen LogP contribution in [0.3, 0.4) is 0 Å². The van der Waals surface area contributed by atoms with Crippen LogP contribution in [0.15, 0.2) is 24.3 Å². The molecule has 0 aliphatic carbocycles. The lowest BCUT2D eigenvalue weighted by molar-refractivity contribution is -0.151. The van der Waals surface area contributed by atoms with Gasteiger partial charge in [-0.1, -0.05) is 23.7 Å². The fourth-order valence-electron chi connectivity index (χ4n) is 1.66. The van der Waals surface area contributed by atoms with Crippen molar-refractivity contribution in [2.45, 2.75) is 26.2 Å². The molecule has 1 aromatic carbocycles. The number of carbonyl (C=O) groups excluding carboxylic acids is 2. The van der Waals surface area contributed by atoms with Gasteiger partial charge >= 0.3 is 11.9 Å². The first-order valence-corrected chi connectivity index (χ1v) is 6.54. The Morgan fingerprint density at radius 2 is 1.68 bits per heavy atom. The van der Waals surface area contributed by atoms with Gasteiger partial charge in [-0.25, -0.2) is 0 Å². The van der Waals surface area contributed by atoms with Gasteiger partial charge in [0.15, 0.2) is 0 Å². The standard InChI is InChI=1S/C14H17ClO4/c1-3-18-13(16)9-12(14(17)19-4-2)10-5-7-11(15)8-6-10/h5-8,12H,3-4,9H2,1-2H3/t12-/m0/s1. The van der Waals surface area contributed by atoms with Crippen molar-refractivity contribution < 1.29 is 19.1 Å². The van der Waals surface area contributed by atoms with Gasteiger partial charge in [0.1, 0.15) is 0 Å². The first-order valence-electron chi connectivity index (χ1n) is 6.16. The van der Waals surface area contributed by atoms with Crippen molar-refractivity contribution in [1.82, 2.24) is 0 Å². The summed E-state index contributed by atoms with van der Waals surface area (Å²) in [5, 5.41) is 0.572. The zero-order valence-electron chi connectivity index (χ0n) is 11.0. The summed E-state index contributed by atoms with van der Waals surface area (Å²) in [5.74, 6) is -1.51. The minimum atomic E-state index is -0.656. The normalized spacial score (nSPS) is 11.7. The maximum Gasteiger partial charge on any atom is 0.313 e. The lowest BCUT2D eigenvalue weighted by atomic mass is 9.96.